The molecule has 0 bridgehead atoms. The Morgan fingerprint density at radius 3 is 2.43 bits per heavy atom. The summed E-state index contributed by atoms with van der Waals surface area (Å²) in [6.45, 7) is 3.27. The van der Waals surface area contributed by atoms with Gasteiger partial charge in [-0.3, -0.25) is 19.7 Å². The Labute approximate surface area is 167 Å². The fraction of sp³-hybridized carbons (Fsp3) is 0.263. The van der Waals surface area contributed by atoms with Crippen molar-refractivity contribution in [2.45, 2.75) is 13.8 Å². The number of rotatable bonds is 7. The van der Waals surface area contributed by atoms with Crippen LogP contribution in [0.25, 0.3) is 0 Å². The molecule has 0 unspecified atom stereocenters. The van der Waals surface area contributed by atoms with E-state index in [4.69, 9.17) is 16.3 Å². The highest BCUT2D eigenvalue weighted by Crippen LogP contribution is 2.28. The molecule has 0 radical (unpaired) electrons. The van der Waals surface area contributed by atoms with Crippen LogP contribution in [0.15, 0.2) is 36.4 Å². The van der Waals surface area contributed by atoms with E-state index in [9.17, 15) is 19.7 Å². The summed E-state index contributed by atoms with van der Waals surface area (Å²) in [5, 5.41) is 13.5. The monoisotopic (exact) mass is 405 g/mol. The zero-order valence-corrected chi connectivity index (χ0v) is 16.4. The molecular formula is C19H20ClN3O5. The van der Waals surface area contributed by atoms with Gasteiger partial charge in [0.15, 0.2) is 6.61 Å². The van der Waals surface area contributed by atoms with Crippen LogP contribution in [0.5, 0.6) is 5.75 Å². The quantitative estimate of drug-likeness (QED) is 0.562. The Bertz CT molecular complexity index is 896. The van der Waals surface area contributed by atoms with Crippen LogP contribution in [-0.2, 0) is 9.59 Å². The first-order valence-corrected chi connectivity index (χ1v) is 8.73. The smallest absolute Gasteiger partial charge is 0.271 e. The Morgan fingerprint density at radius 2 is 1.86 bits per heavy atom. The van der Waals surface area contributed by atoms with Crippen LogP contribution < -0.4 is 10.1 Å². The van der Waals surface area contributed by atoms with E-state index < -0.39 is 10.8 Å². The third-order valence-electron chi connectivity index (χ3n) is 4.03. The summed E-state index contributed by atoms with van der Waals surface area (Å²) in [7, 11) is 1.48. The molecule has 0 atom stereocenters. The van der Waals surface area contributed by atoms with Crippen LogP contribution in [-0.4, -0.2) is 41.8 Å². The number of nitro groups is 1. The minimum absolute atomic E-state index is 0.0254. The third kappa shape index (κ3) is 5.43. The van der Waals surface area contributed by atoms with Crippen molar-refractivity contribution in [3.8, 4) is 5.75 Å². The number of nitrogens with zero attached hydrogens (tertiary/aromatic N) is 2. The minimum atomic E-state index is -0.580. The molecule has 0 fully saturated rings. The molecule has 0 aliphatic heterocycles. The summed E-state index contributed by atoms with van der Waals surface area (Å²) in [6, 6.07) is 9.37. The molecule has 0 aromatic heterocycles. The first-order chi connectivity index (χ1) is 13.2. The number of carbonyl (C=O) groups excluding carboxylic acids is 2. The lowest BCUT2D eigenvalue weighted by Crippen LogP contribution is -2.37. The van der Waals surface area contributed by atoms with Gasteiger partial charge in [0.25, 0.3) is 11.6 Å². The number of non-ortho nitro benzene ring substituents is 1. The summed E-state index contributed by atoms with van der Waals surface area (Å²) in [5.74, 6) is -0.623. The van der Waals surface area contributed by atoms with Gasteiger partial charge in [-0.05, 0) is 31.0 Å². The van der Waals surface area contributed by atoms with Crippen LogP contribution in [0.3, 0.4) is 0 Å². The summed E-state index contributed by atoms with van der Waals surface area (Å²) in [5.41, 5.74) is 2.41. The number of anilines is 1. The highest BCUT2D eigenvalue weighted by Gasteiger charge is 2.16. The number of likely N-dealkylation sites (N-methyl/N-ethyl adjacent to an activating group) is 1. The first-order valence-electron chi connectivity index (χ1n) is 8.35. The number of amides is 2. The molecule has 0 spiro atoms. The van der Waals surface area contributed by atoms with Crippen molar-refractivity contribution >= 4 is 34.8 Å². The lowest BCUT2D eigenvalue weighted by molar-refractivity contribution is -0.384. The van der Waals surface area contributed by atoms with Crippen molar-refractivity contribution in [3.63, 3.8) is 0 Å². The summed E-state index contributed by atoms with van der Waals surface area (Å²) in [6.07, 6.45) is 0. The van der Waals surface area contributed by atoms with Crippen molar-refractivity contribution in [2.75, 3.05) is 25.5 Å². The largest absolute Gasteiger partial charge is 0.482 e. The lowest BCUT2D eigenvalue weighted by Gasteiger charge is -2.18. The predicted molar refractivity (Wildman–Crippen MR) is 106 cm³/mol. The second kappa shape index (κ2) is 9.18. The van der Waals surface area contributed by atoms with Gasteiger partial charge in [0.05, 0.1) is 16.5 Å². The normalized spacial score (nSPS) is 10.3. The second-order valence-electron chi connectivity index (χ2n) is 6.23. The number of carbonyl (C=O) groups is 2. The number of nitro benzene ring substituents is 1. The van der Waals surface area contributed by atoms with E-state index >= 15 is 0 Å². The van der Waals surface area contributed by atoms with Gasteiger partial charge in [0.2, 0.25) is 5.91 Å². The molecule has 0 aliphatic rings. The van der Waals surface area contributed by atoms with E-state index in [-0.39, 0.29) is 35.5 Å². The zero-order valence-electron chi connectivity index (χ0n) is 15.7. The molecule has 1 N–H and O–H groups in total. The van der Waals surface area contributed by atoms with Gasteiger partial charge in [0.1, 0.15) is 5.75 Å². The van der Waals surface area contributed by atoms with Crippen molar-refractivity contribution in [2.24, 2.45) is 0 Å². The predicted octanol–water partition coefficient (Wildman–Crippen LogP) is 3.34. The number of halogens is 1. The van der Waals surface area contributed by atoms with E-state index in [0.717, 1.165) is 22.9 Å². The maximum absolute atomic E-state index is 12.2. The molecule has 0 aliphatic carbocycles. The molecule has 0 saturated carbocycles. The third-order valence-corrected chi connectivity index (χ3v) is 4.32. The molecule has 2 amide bonds. The topological polar surface area (TPSA) is 102 Å². The number of hydrogen-bond donors (Lipinski definition) is 1. The van der Waals surface area contributed by atoms with Crippen LogP contribution in [0, 0.1) is 24.0 Å². The maximum atomic E-state index is 12.2. The van der Waals surface area contributed by atoms with Crippen molar-refractivity contribution < 1.29 is 19.2 Å². The number of nitrogens with one attached hydrogen (secondary N) is 1. The Kier molecular flexibility index (Phi) is 6.94. The summed E-state index contributed by atoms with van der Waals surface area (Å²) >= 11 is 5.92. The molecule has 8 nitrogen and oxygen atoms in total. The highest BCUT2D eigenvalue weighted by molar-refractivity contribution is 6.32. The standard InChI is InChI=1S/C19H20ClN3O5/c1-12-5-4-6-13(2)19(12)21-17(24)10-22(3)18(25)11-28-16-8-7-14(23(26)27)9-15(16)20/h4-9H,10-11H2,1-3H3,(H,21,24). The van der Waals surface area contributed by atoms with Gasteiger partial charge >= 0.3 is 0 Å². The van der Waals surface area contributed by atoms with Gasteiger partial charge in [-0.15, -0.1) is 0 Å². The average molecular weight is 406 g/mol. The molecule has 2 aromatic carbocycles. The molecule has 28 heavy (non-hydrogen) atoms. The maximum Gasteiger partial charge on any atom is 0.271 e. The van der Waals surface area contributed by atoms with E-state index in [1.54, 1.807) is 0 Å². The van der Waals surface area contributed by atoms with E-state index in [1.165, 1.54) is 24.1 Å². The Balaban J connectivity index is 1.90. The summed E-state index contributed by atoms with van der Waals surface area (Å²) in [4.78, 5) is 35.8. The van der Waals surface area contributed by atoms with E-state index in [1.807, 2.05) is 32.0 Å². The van der Waals surface area contributed by atoms with Crippen LogP contribution >= 0.6 is 11.6 Å². The van der Waals surface area contributed by atoms with Gasteiger partial charge in [-0.25, -0.2) is 0 Å². The molecule has 9 heteroatoms. The molecule has 2 rings (SSSR count). The van der Waals surface area contributed by atoms with Crippen LogP contribution in [0.1, 0.15) is 11.1 Å². The van der Waals surface area contributed by atoms with Crippen LogP contribution in [0.2, 0.25) is 5.02 Å². The Hall–Kier alpha value is -3.13. The summed E-state index contributed by atoms with van der Waals surface area (Å²) < 4.78 is 5.32. The first kappa shape index (κ1) is 21.2. The molecule has 2 aromatic rings. The average Bonchev–Trinajstić information content (AvgIpc) is 2.63. The van der Waals surface area contributed by atoms with Gasteiger partial charge < -0.3 is 15.0 Å². The van der Waals surface area contributed by atoms with Gasteiger partial charge in [-0.1, -0.05) is 29.8 Å². The Morgan fingerprint density at radius 1 is 1.21 bits per heavy atom. The van der Waals surface area contributed by atoms with Gasteiger partial charge in [-0.2, -0.15) is 0 Å². The second-order valence-corrected chi connectivity index (χ2v) is 6.63. The number of ether oxygens (including phenoxy) is 1. The molecule has 0 heterocycles. The molecule has 0 saturated heterocycles. The molecule has 148 valence electrons. The zero-order chi connectivity index (χ0) is 20.8. The highest BCUT2D eigenvalue weighted by atomic mass is 35.5. The fourth-order valence-electron chi connectivity index (χ4n) is 2.46. The molecular weight excluding hydrogens is 386 g/mol. The van der Waals surface area contributed by atoms with E-state index in [2.05, 4.69) is 5.32 Å². The van der Waals surface area contributed by atoms with Crippen molar-refractivity contribution in [1.82, 2.24) is 4.90 Å². The fourth-order valence-corrected chi connectivity index (χ4v) is 2.69. The number of aryl methyl sites for hydroxylation is 2. The number of benzene rings is 2. The lowest BCUT2D eigenvalue weighted by atomic mass is 10.1. The van der Waals surface area contributed by atoms with Gasteiger partial charge in [0, 0.05) is 24.9 Å². The number of hydrogen-bond acceptors (Lipinski definition) is 5. The SMILES string of the molecule is Cc1cccc(C)c1NC(=O)CN(C)C(=O)COc1ccc([N+](=O)[O-])cc1Cl. The van der Waals surface area contributed by atoms with Crippen molar-refractivity contribution in [1.29, 1.82) is 0 Å². The number of para-hydroxylation sites is 1. The van der Waals surface area contributed by atoms with E-state index in [0.29, 0.717) is 0 Å². The van der Waals surface area contributed by atoms with Crippen molar-refractivity contribution in [3.05, 3.63) is 62.7 Å². The minimum Gasteiger partial charge on any atom is -0.482 e. The van der Waals surface area contributed by atoms with Crippen LogP contribution in [0.4, 0.5) is 11.4 Å².